The van der Waals surface area contributed by atoms with Gasteiger partial charge in [-0.25, -0.2) is 9.97 Å². The fraction of sp³-hybridized carbons (Fsp3) is 0.286. The van der Waals surface area contributed by atoms with Gasteiger partial charge in [0.1, 0.15) is 22.0 Å². The Hall–Kier alpha value is -0.660. The fourth-order valence-corrected chi connectivity index (χ4v) is 3.60. The van der Waals surface area contributed by atoms with Gasteiger partial charge in [-0.15, -0.1) is 0 Å². The number of nitrogens with zero attached hydrogens (tertiary/aromatic N) is 2. The molecule has 1 aromatic heterocycles. The molecular weight excluding hydrogens is 466 g/mol. The zero-order valence-electron chi connectivity index (χ0n) is 11.2. The minimum absolute atomic E-state index is 0.506. The van der Waals surface area contributed by atoms with Crippen molar-refractivity contribution in [1.29, 1.82) is 0 Å². The Morgan fingerprint density at radius 3 is 2.52 bits per heavy atom. The number of hydrogen-bond acceptors (Lipinski definition) is 4. The van der Waals surface area contributed by atoms with Crippen LogP contribution in [0.15, 0.2) is 31.7 Å². The molecule has 1 N–H and O–H groups in total. The molecule has 0 atom stereocenters. The van der Waals surface area contributed by atoms with Crippen LogP contribution >= 0.6 is 47.8 Å². The molecule has 0 radical (unpaired) electrons. The first-order valence-electron chi connectivity index (χ1n) is 6.41. The molecule has 1 aliphatic rings. The molecule has 0 bridgehead atoms. The van der Waals surface area contributed by atoms with Crippen molar-refractivity contribution in [3.8, 4) is 5.75 Å². The number of rotatable bonds is 4. The van der Waals surface area contributed by atoms with Gasteiger partial charge in [-0.1, -0.05) is 0 Å². The lowest BCUT2D eigenvalue weighted by molar-refractivity contribution is 0.412. The molecule has 110 valence electrons. The minimum atomic E-state index is 0.506. The first-order valence-corrected chi connectivity index (χ1v) is 8.79. The highest BCUT2D eigenvalue weighted by molar-refractivity contribution is 9.11. The summed E-state index contributed by atoms with van der Waals surface area (Å²) in [6.45, 7) is 0. The summed E-state index contributed by atoms with van der Waals surface area (Å²) in [5.74, 6) is 2.93. The summed E-state index contributed by atoms with van der Waals surface area (Å²) in [5, 5.41) is 3.31. The Labute approximate surface area is 148 Å². The predicted molar refractivity (Wildman–Crippen MR) is 93.4 cm³/mol. The number of hydrogen-bond donors (Lipinski definition) is 1. The molecule has 0 unspecified atom stereocenters. The highest BCUT2D eigenvalue weighted by atomic mass is 79.9. The summed E-state index contributed by atoms with van der Waals surface area (Å²) < 4.78 is 7.94. The van der Waals surface area contributed by atoms with Gasteiger partial charge in [-0.2, -0.15) is 0 Å². The third kappa shape index (κ3) is 3.57. The predicted octanol–water partition coefficient (Wildman–Crippen LogP) is 5.39. The number of aromatic nitrogens is 2. The third-order valence-electron chi connectivity index (χ3n) is 3.16. The molecule has 4 nitrogen and oxygen atoms in total. The van der Waals surface area contributed by atoms with Crippen LogP contribution in [0.25, 0.3) is 0 Å². The zero-order chi connectivity index (χ0) is 15.0. The van der Waals surface area contributed by atoms with Gasteiger partial charge in [0.05, 0.1) is 17.3 Å². The second kappa shape index (κ2) is 6.22. The molecule has 1 aliphatic carbocycles. The first kappa shape index (κ1) is 15.2. The molecule has 1 fully saturated rings. The van der Waals surface area contributed by atoms with Gasteiger partial charge in [0.25, 0.3) is 0 Å². The van der Waals surface area contributed by atoms with Crippen LogP contribution in [-0.4, -0.2) is 17.1 Å². The molecule has 0 aliphatic heterocycles. The van der Waals surface area contributed by atoms with Crippen LogP contribution in [0.2, 0.25) is 0 Å². The van der Waals surface area contributed by atoms with E-state index in [0.29, 0.717) is 5.92 Å². The Morgan fingerprint density at radius 1 is 1.10 bits per heavy atom. The second-order valence-electron chi connectivity index (χ2n) is 4.80. The van der Waals surface area contributed by atoms with Gasteiger partial charge >= 0.3 is 0 Å². The summed E-state index contributed by atoms with van der Waals surface area (Å²) in [6, 6.07) is 5.73. The van der Waals surface area contributed by atoms with Crippen molar-refractivity contribution in [3.05, 3.63) is 37.6 Å². The number of ether oxygens (including phenoxy) is 1. The van der Waals surface area contributed by atoms with E-state index in [4.69, 9.17) is 4.74 Å². The molecule has 21 heavy (non-hydrogen) atoms. The van der Waals surface area contributed by atoms with Gasteiger partial charge in [0.15, 0.2) is 0 Å². The van der Waals surface area contributed by atoms with E-state index in [1.54, 1.807) is 7.11 Å². The summed E-state index contributed by atoms with van der Waals surface area (Å²) in [5.41, 5.74) is 0.891. The minimum Gasteiger partial charge on any atom is -0.495 e. The third-order valence-corrected chi connectivity index (χ3v) is 4.84. The Bertz CT molecular complexity index is 689. The topological polar surface area (TPSA) is 47.0 Å². The molecule has 1 saturated carbocycles. The Morgan fingerprint density at radius 2 is 1.86 bits per heavy atom. The van der Waals surface area contributed by atoms with E-state index >= 15 is 0 Å². The Balaban J connectivity index is 1.92. The molecule has 0 amide bonds. The van der Waals surface area contributed by atoms with Crippen molar-refractivity contribution in [2.45, 2.75) is 18.8 Å². The van der Waals surface area contributed by atoms with E-state index in [2.05, 4.69) is 63.1 Å². The lowest BCUT2D eigenvalue weighted by Gasteiger charge is -2.12. The maximum absolute atomic E-state index is 5.32. The summed E-state index contributed by atoms with van der Waals surface area (Å²) in [6.07, 6.45) is 2.34. The van der Waals surface area contributed by atoms with Crippen molar-refractivity contribution in [1.82, 2.24) is 9.97 Å². The van der Waals surface area contributed by atoms with Crippen molar-refractivity contribution in [3.63, 3.8) is 0 Å². The number of methoxy groups -OCH3 is 1. The van der Waals surface area contributed by atoms with Gasteiger partial charge in [0.2, 0.25) is 0 Å². The normalized spacial score (nSPS) is 14.1. The van der Waals surface area contributed by atoms with Crippen LogP contribution in [0.4, 0.5) is 11.5 Å². The summed E-state index contributed by atoms with van der Waals surface area (Å²) in [7, 11) is 1.64. The van der Waals surface area contributed by atoms with Gasteiger partial charge in [0, 0.05) is 22.5 Å². The van der Waals surface area contributed by atoms with Crippen LogP contribution in [0.5, 0.6) is 5.75 Å². The van der Waals surface area contributed by atoms with Crippen molar-refractivity contribution < 1.29 is 4.74 Å². The van der Waals surface area contributed by atoms with Crippen molar-refractivity contribution >= 4 is 59.3 Å². The van der Waals surface area contributed by atoms with E-state index in [9.17, 15) is 0 Å². The maximum Gasteiger partial charge on any atom is 0.135 e. The van der Waals surface area contributed by atoms with Crippen LogP contribution in [-0.2, 0) is 0 Å². The number of benzene rings is 1. The van der Waals surface area contributed by atoms with Crippen LogP contribution in [0.3, 0.4) is 0 Å². The maximum atomic E-state index is 5.32. The molecule has 7 heteroatoms. The van der Waals surface area contributed by atoms with E-state index < -0.39 is 0 Å². The zero-order valence-corrected chi connectivity index (χ0v) is 15.9. The van der Waals surface area contributed by atoms with Crippen LogP contribution in [0.1, 0.15) is 24.6 Å². The molecule has 0 saturated heterocycles. The van der Waals surface area contributed by atoms with Crippen molar-refractivity contribution in [2.75, 3.05) is 12.4 Å². The molecule has 0 spiro atoms. The molecule has 1 heterocycles. The molecule has 1 aromatic carbocycles. The number of anilines is 2. The average Bonchev–Trinajstić information content (AvgIpc) is 3.25. The lowest BCUT2D eigenvalue weighted by atomic mass is 10.3. The molecule has 3 rings (SSSR count). The number of halogens is 3. The molecular formula is C14H12Br3N3O. The standard InChI is InChI=1S/C14H12Br3N3O/c1-21-11-5-10(8(15)4-9(11)16)18-13-6-12(17)19-14(20-13)7-2-3-7/h4-7H,2-3H2,1H3,(H,18,19,20). The van der Waals surface area contributed by atoms with Gasteiger partial charge in [-0.05, 0) is 66.7 Å². The van der Waals surface area contributed by atoms with Gasteiger partial charge in [-0.3, -0.25) is 0 Å². The van der Waals surface area contributed by atoms with Gasteiger partial charge < -0.3 is 10.1 Å². The average molecular weight is 478 g/mol. The molecule has 2 aromatic rings. The summed E-state index contributed by atoms with van der Waals surface area (Å²) in [4.78, 5) is 9.01. The van der Waals surface area contributed by atoms with Crippen molar-refractivity contribution in [2.24, 2.45) is 0 Å². The number of nitrogens with one attached hydrogen (secondary N) is 1. The SMILES string of the molecule is COc1cc(Nc2cc(Br)nc(C3CC3)n2)c(Br)cc1Br. The largest absolute Gasteiger partial charge is 0.495 e. The first-order chi connectivity index (χ1) is 10.1. The Kier molecular flexibility index (Phi) is 4.51. The monoisotopic (exact) mass is 475 g/mol. The lowest BCUT2D eigenvalue weighted by Crippen LogP contribution is -2.00. The van der Waals surface area contributed by atoms with E-state index in [1.807, 2.05) is 18.2 Å². The van der Waals surface area contributed by atoms with Crippen LogP contribution in [0, 0.1) is 0 Å². The quantitative estimate of drug-likeness (QED) is 0.599. The fourth-order valence-electron chi connectivity index (χ4n) is 1.94. The van der Waals surface area contributed by atoms with Crippen LogP contribution < -0.4 is 10.1 Å². The highest BCUT2D eigenvalue weighted by Gasteiger charge is 2.27. The van der Waals surface area contributed by atoms with E-state index in [1.165, 1.54) is 12.8 Å². The smallest absolute Gasteiger partial charge is 0.135 e. The second-order valence-corrected chi connectivity index (χ2v) is 7.32. The summed E-state index contributed by atoms with van der Waals surface area (Å²) >= 11 is 10.5. The highest BCUT2D eigenvalue weighted by Crippen LogP contribution is 2.40. The van der Waals surface area contributed by atoms with E-state index in [0.717, 1.165) is 36.6 Å². The van der Waals surface area contributed by atoms with E-state index in [-0.39, 0.29) is 0 Å².